The number of alkyl halides is 2. The van der Waals surface area contributed by atoms with Crippen LogP contribution in [0.3, 0.4) is 0 Å². The molecule has 0 aromatic carbocycles. The van der Waals surface area contributed by atoms with Crippen molar-refractivity contribution < 1.29 is 23.7 Å². The maximum atomic E-state index is 13.7. The first kappa shape index (κ1) is 13.8. The van der Waals surface area contributed by atoms with Gasteiger partial charge in [-0.25, -0.2) is 13.6 Å². The van der Waals surface area contributed by atoms with Crippen LogP contribution in [0.25, 0.3) is 0 Å². The van der Waals surface area contributed by atoms with Gasteiger partial charge < -0.3 is 20.7 Å². The Kier molecular flexibility index (Phi) is 3.52. The first-order chi connectivity index (χ1) is 8.86. The topological polar surface area (TPSA) is 111 Å². The van der Waals surface area contributed by atoms with Gasteiger partial charge in [-0.3, -0.25) is 4.57 Å². The van der Waals surface area contributed by atoms with Gasteiger partial charge in [-0.05, 0) is 6.07 Å². The van der Waals surface area contributed by atoms with Crippen molar-refractivity contribution in [3.05, 3.63) is 22.7 Å². The molecular formula is C10H13F2N3O4. The minimum atomic E-state index is -3.56. The predicted molar refractivity (Wildman–Crippen MR) is 59.6 cm³/mol. The van der Waals surface area contributed by atoms with E-state index in [1.54, 1.807) is 0 Å². The van der Waals surface area contributed by atoms with Crippen LogP contribution >= 0.6 is 0 Å². The molecule has 2 rings (SSSR count). The fraction of sp³-hybridized carbons (Fsp3) is 0.600. The predicted octanol–water partition coefficient (Wildman–Crippen LogP) is -1.42. The van der Waals surface area contributed by atoms with Crippen molar-refractivity contribution in [1.82, 2.24) is 9.55 Å². The van der Waals surface area contributed by atoms with Crippen LogP contribution in [-0.2, 0) is 11.3 Å². The van der Waals surface area contributed by atoms with Crippen LogP contribution in [0.4, 0.5) is 14.6 Å². The summed E-state index contributed by atoms with van der Waals surface area (Å²) in [5, 5.41) is 18.1. The van der Waals surface area contributed by atoms with Crippen LogP contribution in [0.5, 0.6) is 0 Å². The van der Waals surface area contributed by atoms with Crippen molar-refractivity contribution in [1.29, 1.82) is 0 Å². The Morgan fingerprint density at radius 3 is 2.79 bits per heavy atom. The Morgan fingerprint density at radius 2 is 2.26 bits per heavy atom. The fourth-order valence-corrected chi connectivity index (χ4v) is 1.88. The highest BCUT2D eigenvalue weighted by molar-refractivity contribution is 5.23. The lowest BCUT2D eigenvalue weighted by Crippen LogP contribution is -2.43. The molecule has 0 radical (unpaired) electrons. The SMILES string of the molecule is Nc1ccn(C[C@@H]2O[C@H](CO)C(O)C2(F)F)c(=O)n1. The third-order valence-corrected chi connectivity index (χ3v) is 2.95. The molecule has 0 spiro atoms. The number of aliphatic hydroxyl groups excluding tert-OH is 2. The second-order valence-electron chi connectivity index (χ2n) is 4.25. The maximum absolute atomic E-state index is 13.7. The van der Waals surface area contributed by atoms with E-state index < -0.39 is 43.1 Å². The highest BCUT2D eigenvalue weighted by atomic mass is 19.3. The second-order valence-corrected chi connectivity index (χ2v) is 4.25. The molecule has 1 aliphatic heterocycles. The number of halogens is 2. The molecule has 19 heavy (non-hydrogen) atoms. The zero-order chi connectivity index (χ0) is 14.2. The van der Waals surface area contributed by atoms with E-state index in [4.69, 9.17) is 15.6 Å². The smallest absolute Gasteiger partial charge is 0.349 e. The minimum absolute atomic E-state index is 0.0198. The van der Waals surface area contributed by atoms with Crippen molar-refractivity contribution in [2.24, 2.45) is 0 Å². The number of anilines is 1. The molecule has 1 aromatic rings. The molecule has 106 valence electrons. The molecular weight excluding hydrogens is 264 g/mol. The van der Waals surface area contributed by atoms with Crippen molar-refractivity contribution in [3.63, 3.8) is 0 Å². The maximum Gasteiger partial charge on any atom is 0.349 e. The lowest BCUT2D eigenvalue weighted by atomic mass is 10.1. The van der Waals surface area contributed by atoms with Crippen molar-refractivity contribution in [3.8, 4) is 0 Å². The number of rotatable bonds is 3. The van der Waals surface area contributed by atoms with E-state index in [1.165, 1.54) is 12.3 Å². The quantitative estimate of drug-likeness (QED) is 0.625. The molecule has 3 atom stereocenters. The summed E-state index contributed by atoms with van der Waals surface area (Å²) >= 11 is 0. The molecule has 7 nitrogen and oxygen atoms in total. The third kappa shape index (κ3) is 2.44. The molecule has 1 aliphatic rings. The summed E-state index contributed by atoms with van der Waals surface area (Å²) in [6, 6.07) is 1.29. The number of hydrogen-bond donors (Lipinski definition) is 3. The molecule has 1 aromatic heterocycles. The molecule has 0 saturated carbocycles. The Hall–Kier alpha value is -1.58. The number of hydrogen-bond acceptors (Lipinski definition) is 6. The summed E-state index contributed by atoms with van der Waals surface area (Å²) in [7, 11) is 0. The largest absolute Gasteiger partial charge is 0.394 e. The Labute approximate surface area is 106 Å². The van der Waals surface area contributed by atoms with Gasteiger partial charge in [0.25, 0.3) is 0 Å². The first-order valence-electron chi connectivity index (χ1n) is 5.51. The van der Waals surface area contributed by atoms with Gasteiger partial charge in [0.05, 0.1) is 13.2 Å². The Balaban J connectivity index is 2.21. The van der Waals surface area contributed by atoms with E-state index in [0.717, 1.165) is 4.57 Å². The Bertz CT molecular complexity index is 522. The summed E-state index contributed by atoms with van der Waals surface area (Å²) in [6.07, 6.45) is -4.00. The minimum Gasteiger partial charge on any atom is -0.394 e. The summed E-state index contributed by atoms with van der Waals surface area (Å²) in [5.41, 5.74) is 4.49. The van der Waals surface area contributed by atoms with E-state index in [1.807, 2.05) is 0 Å². The van der Waals surface area contributed by atoms with Gasteiger partial charge in [0.1, 0.15) is 24.1 Å². The number of aliphatic hydroxyl groups is 2. The number of aromatic nitrogens is 2. The monoisotopic (exact) mass is 277 g/mol. The zero-order valence-corrected chi connectivity index (χ0v) is 9.74. The van der Waals surface area contributed by atoms with Gasteiger partial charge in [0, 0.05) is 6.20 Å². The average molecular weight is 277 g/mol. The summed E-state index contributed by atoms with van der Waals surface area (Å²) in [5.74, 6) is -3.58. The Morgan fingerprint density at radius 1 is 1.58 bits per heavy atom. The van der Waals surface area contributed by atoms with Gasteiger partial charge in [-0.1, -0.05) is 0 Å². The van der Waals surface area contributed by atoms with Crippen LogP contribution in [0.1, 0.15) is 0 Å². The van der Waals surface area contributed by atoms with Crippen molar-refractivity contribution in [2.75, 3.05) is 12.3 Å². The van der Waals surface area contributed by atoms with E-state index in [9.17, 15) is 18.7 Å². The van der Waals surface area contributed by atoms with Crippen LogP contribution in [-0.4, -0.2) is 50.6 Å². The molecule has 1 saturated heterocycles. The lowest BCUT2D eigenvalue weighted by Gasteiger charge is -2.20. The van der Waals surface area contributed by atoms with Crippen LogP contribution in [0.15, 0.2) is 17.1 Å². The van der Waals surface area contributed by atoms with E-state index in [-0.39, 0.29) is 5.82 Å². The van der Waals surface area contributed by atoms with Gasteiger partial charge in [0.2, 0.25) is 0 Å². The summed E-state index contributed by atoms with van der Waals surface area (Å²) in [4.78, 5) is 14.8. The number of nitrogen functional groups attached to an aromatic ring is 1. The molecule has 1 fully saturated rings. The molecule has 4 N–H and O–H groups in total. The van der Waals surface area contributed by atoms with Crippen LogP contribution in [0, 0.1) is 0 Å². The third-order valence-electron chi connectivity index (χ3n) is 2.95. The van der Waals surface area contributed by atoms with Gasteiger partial charge in [-0.15, -0.1) is 0 Å². The van der Waals surface area contributed by atoms with Gasteiger partial charge in [0.15, 0.2) is 0 Å². The molecule has 0 aliphatic carbocycles. The number of nitrogens with two attached hydrogens (primary N) is 1. The standard InChI is InChI=1S/C10H13F2N3O4/c11-10(12)6(19-5(4-16)8(10)17)3-15-2-1-7(13)14-9(15)18/h1-2,5-6,8,16-17H,3-4H2,(H2,13,14,18)/t5-,6+,8?/m1/s1. The van der Waals surface area contributed by atoms with Crippen molar-refractivity contribution in [2.45, 2.75) is 30.8 Å². The van der Waals surface area contributed by atoms with Gasteiger partial charge in [-0.2, -0.15) is 4.98 Å². The lowest BCUT2D eigenvalue weighted by molar-refractivity contribution is -0.115. The summed E-state index contributed by atoms with van der Waals surface area (Å²) < 4.78 is 33.1. The average Bonchev–Trinajstić information content (AvgIpc) is 2.56. The molecule has 0 amide bonds. The van der Waals surface area contributed by atoms with Crippen LogP contribution in [0.2, 0.25) is 0 Å². The molecule has 2 heterocycles. The first-order valence-corrected chi connectivity index (χ1v) is 5.51. The highest BCUT2D eigenvalue weighted by Gasteiger charge is 2.58. The van der Waals surface area contributed by atoms with Gasteiger partial charge >= 0.3 is 11.6 Å². The highest BCUT2D eigenvalue weighted by Crippen LogP contribution is 2.36. The molecule has 0 bridgehead atoms. The molecule has 9 heteroatoms. The van der Waals surface area contributed by atoms with E-state index in [2.05, 4.69) is 4.98 Å². The zero-order valence-electron chi connectivity index (χ0n) is 9.74. The fourth-order valence-electron chi connectivity index (χ4n) is 1.88. The molecule has 1 unspecified atom stereocenters. The summed E-state index contributed by atoms with van der Waals surface area (Å²) in [6.45, 7) is -1.23. The normalized spacial score (nSPS) is 29.6. The van der Waals surface area contributed by atoms with Crippen LogP contribution < -0.4 is 11.4 Å². The van der Waals surface area contributed by atoms with E-state index in [0.29, 0.717) is 0 Å². The van der Waals surface area contributed by atoms with E-state index >= 15 is 0 Å². The number of nitrogens with zero attached hydrogens (tertiary/aromatic N) is 2. The van der Waals surface area contributed by atoms with Crippen molar-refractivity contribution >= 4 is 5.82 Å². The number of ether oxygens (including phenoxy) is 1. The second kappa shape index (κ2) is 4.83.